The molecular weight excluding hydrogens is 332 g/mol. The zero-order chi connectivity index (χ0) is 14.0. The normalized spacial score (nSPS) is 12.5. The van der Waals surface area contributed by atoms with E-state index in [1.54, 1.807) is 17.7 Å². The molecule has 0 aliphatic carbocycles. The number of rotatable bonds is 4. The van der Waals surface area contributed by atoms with Crippen LogP contribution in [0, 0.1) is 0 Å². The van der Waals surface area contributed by atoms with Crippen LogP contribution in [0.25, 0.3) is 0 Å². The van der Waals surface area contributed by atoms with Gasteiger partial charge in [0.2, 0.25) is 0 Å². The molecular formula is C13H14BrClN2O2. The van der Waals surface area contributed by atoms with E-state index in [0.717, 1.165) is 15.9 Å². The molecule has 1 aromatic carbocycles. The molecule has 0 bridgehead atoms. The predicted octanol–water partition coefficient (Wildman–Crippen LogP) is 3.47. The molecule has 0 aliphatic rings. The maximum atomic E-state index is 9.74. The Balaban J connectivity index is 2.17. The number of aliphatic hydroxyl groups excluding tert-OH is 1. The van der Waals surface area contributed by atoms with Gasteiger partial charge in [0.25, 0.3) is 0 Å². The molecule has 0 amide bonds. The molecule has 1 atom stereocenters. The topological polar surface area (TPSA) is 47.3 Å². The van der Waals surface area contributed by atoms with Crippen LogP contribution >= 0.6 is 27.5 Å². The third kappa shape index (κ3) is 3.29. The summed E-state index contributed by atoms with van der Waals surface area (Å²) < 4.78 is 8.36. The van der Waals surface area contributed by atoms with E-state index < -0.39 is 6.10 Å². The lowest BCUT2D eigenvalue weighted by atomic mass is 10.1. The quantitative estimate of drug-likeness (QED) is 0.923. The zero-order valence-electron chi connectivity index (χ0n) is 10.6. The number of hydrogen-bond donors (Lipinski definition) is 1. The van der Waals surface area contributed by atoms with Crippen LogP contribution in [-0.2, 0) is 13.7 Å². The van der Waals surface area contributed by atoms with Gasteiger partial charge in [0, 0.05) is 17.1 Å². The monoisotopic (exact) mass is 344 g/mol. The van der Waals surface area contributed by atoms with Crippen LogP contribution in [0.2, 0.25) is 5.15 Å². The Morgan fingerprint density at radius 2 is 2.26 bits per heavy atom. The predicted molar refractivity (Wildman–Crippen MR) is 77.3 cm³/mol. The van der Waals surface area contributed by atoms with Crippen molar-refractivity contribution in [1.29, 1.82) is 0 Å². The molecule has 2 aromatic rings. The summed E-state index contributed by atoms with van der Waals surface area (Å²) in [6.07, 6.45) is 0.981. The second-order valence-electron chi connectivity index (χ2n) is 4.20. The average molecular weight is 346 g/mol. The van der Waals surface area contributed by atoms with Crippen LogP contribution in [-0.4, -0.2) is 14.7 Å². The number of halogens is 2. The Morgan fingerprint density at radius 3 is 2.84 bits per heavy atom. The summed E-state index contributed by atoms with van der Waals surface area (Å²) in [5.41, 5.74) is 0.731. The minimum absolute atomic E-state index is 0.296. The molecule has 1 N–H and O–H groups in total. The first kappa shape index (κ1) is 14.4. The highest BCUT2D eigenvalue weighted by molar-refractivity contribution is 9.10. The fraction of sp³-hybridized carbons (Fsp3) is 0.308. The standard InChI is InChI=1S/C13H14BrClN2O2/c1-8(18)10-5-9(14)3-4-11(10)19-7-13-16-6-12(15)17(13)2/h3-6,8,18H,7H2,1-2H3/t8-/m0/s1. The lowest BCUT2D eigenvalue weighted by Gasteiger charge is -2.13. The Bertz CT molecular complexity index is 584. The molecule has 0 aliphatic heterocycles. The number of aromatic nitrogens is 2. The minimum atomic E-state index is -0.600. The number of imidazole rings is 1. The Labute approximate surface area is 125 Å². The van der Waals surface area contributed by atoms with Gasteiger partial charge < -0.3 is 14.4 Å². The molecule has 0 radical (unpaired) electrons. The first-order chi connectivity index (χ1) is 8.99. The molecule has 2 rings (SSSR count). The van der Waals surface area contributed by atoms with Crippen molar-refractivity contribution in [3.63, 3.8) is 0 Å². The van der Waals surface area contributed by atoms with Crippen LogP contribution in [0.4, 0.5) is 0 Å². The van der Waals surface area contributed by atoms with Gasteiger partial charge in [0.05, 0.1) is 12.3 Å². The zero-order valence-corrected chi connectivity index (χ0v) is 12.9. The second-order valence-corrected chi connectivity index (χ2v) is 5.51. The number of aliphatic hydroxyl groups is 1. The molecule has 0 unspecified atom stereocenters. The smallest absolute Gasteiger partial charge is 0.147 e. The van der Waals surface area contributed by atoms with Crippen molar-refractivity contribution in [1.82, 2.24) is 9.55 Å². The summed E-state index contributed by atoms with van der Waals surface area (Å²) >= 11 is 9.29. The first-order valence-corrected chi connectivity index (χ1v) is 6.92. The van der Waals surface area contributed by atoms with Crippen molar-refractivity contribution in [2.24, 2.45) is 7.05 Å². The number of benzene rings is 1. The van der Waals surface area contributed by atoms with E-state index in [9.17, 15) is 5.11 Å². The van der Waals surface area contributed by atoms with Crippen LogP contribution in [0.5, 0.6) is 5.75 Å². The van der Waals surface area contributed by atoms with E-state index in [1.807, 2.05) is 25.2 Å². The van der Waals surface area contributed by atoms with Crippen LogP contribution in [0.3, 0.4) is 0 Å². The van der Waals surface area contributed by atoms with Crippen molar-refractivity contribution in [2.45, 2.75) is 19.6 Å². The van der Waals surface area contributed by atoms with Gasteiger partial charge in [0.15, 0.2) is 0 Å². The van der Waals surface area contributed by atoms with Gasteiger partial charge in [0.1, 0.15) is 23.3 Å². The van der Waals surface area contributed by atoms with Crippen LogP contribution in [0.1, 0.15) is 24.4 Å². The third-order valence-corrected chi connectivity index (χ3v) is 3.65. The van der Waals surface area contributed by atoms with Gasteiger partial charge in [-0.05, 0) is 25.1 Å². The SMILES string of the molecule is C[C@H](O)c1cc(Br)ccc1OCc1ncc(Cl)n1C. The minimum Gasteiger partial charge on any atom is -0.485 e. The van der Waals surface area contributed by atoms with Gasteiger partial charge in [-0.25, -0.2) is 4.98 Å². The van der Waals surface area contributed by atoms with E-state index in [1.165, 1.54) is 0 Å². The largest absolute Gasteiger partial charge is 0.485 e. The van der Waals surface area contributed by atoms with Gasteiger partial charge >= 0.3 is 0 Å². The number of hydrogen-bond acceptors (Lipinski definition) is 3. The van der Waals surface area contributed by atoms with Crippen molar-refractivity contribution in [2.75, 3.05) is 0 Å². The second kappa shape index (κ2) is 5.94. The molecule has 4 nitrogen and oxygen atoms in total. The number of nitrogens with zero attached hydrogens (tertiary/aromatic N) is 2. The molecule has 102 valence electrons. The highest BCUT2D eigenvalue weighted by Crippen LogP contribution is 2.29. The molecule has 0 fully saturated rings. The van der Waals surface area contributed by atoms with E-state index in [2.05, 4.69) is 20.9 Å². The Kier molecular flexibility index (Phi) is 4.50. The molecule has 19 heavy (non-hydrogen) atoms. The Hall–Kier alpha value is -1.04. The molecule has 0 spiro atoms. The van der Waals surface area contributed by atoms with Gasteiger partial charge in [-0.3, -0.25) is 0 Å². The summed E-state index contributed by atoms with van der Waals surface area (Å²) in [6, 6.07) is 5.52. The number of ether oxygens (including phenoxy) is 1. The van der Waals surface area contributed by atoms with Gasteiger partial charge in [-0.1, -0.05) is 27.5 Å². The lowest BCUT2D eigenvalue weighted by Crippen LogP contribution is -2.06. The summed E-state index contributed by atoms with van der Waals surface area (Å²) in [5, 5.41) is 10.3. The molecule has 0 saturated carbocycles. The fourth-order valence-corrected chi connectivity index (χ4v) is 2.20. The molecule has 1 aromatic heterocycles. The fourth-order valence-electron chi connectivity index (χ4n) is 1.68. The van der Waals surface area contributed by atoms with Crippen molar-refractivity contribution in [3.8, 4) is 5.75 Å². The van der Waals surface area contributed by atoms with Crippen LogP contribution < -0.4 is 4.74 Å². The van der Waals surface area contributed by atoms with Gasteiger partial charge in [-0.15, -0.1) is 0 Å². The van der Waals surface area contributed by atoms with Gasteiger partial charge in [-0.2, -0.15) is 0 Å². The molecule has 6 heteroatoms. The summed E-state index contributed by atoms with van der Waals surface area (Å²) in [7, 11) is 1.82. The van der Waals surface area contributed by atoms with E-state index >= 15 is 0 Å². The lowest BCUT2D eigenvalue weighted by molar-refractivity contribution is 0.189. The molecule has 0 saturated heterocycles. The maximum absolute atomic E-state index is 9.74. The van der Waals surface area contributed by atoms with Crippen LogP contribution in [0.15, 0.2) is 28.9 Å². The van der Waals surface area contributed by atoms with E-state index in [0.29, 0.717) is 17.5 Å². The highest BCUT2D eigenvalue weighted by Gasteiger charge is 2.11. The van der Waals surface area contributed by atoms with Crippen molar-refractivity contribution >= 4 is 27.5 Å². The summed E-state index contributed by atoms with van der Waals surface area (Å²) in [6.45, 7) is 2.00. The first-order valence-electron chi connectivity index (χ1n) is 5.75. The van der Waals surface area contributed by atoms with E-state index in [-0.39, 0.29) is 0 Å². The Morgan fingerprint density at radius 1 is 1.53 bits per heavy atom. The van der Waals surface area contributed by atoms with Crippen molar-refractivity contribution in [3.05, 3.63) is 45.4 Å². The summed E-state index contributed by atoms with van der Waals surface area (Å²) in [4.78, 5) is 4.16. The van der Waals surface area contributed by atoms with Crippen molar-refractivity contribution < 1.29 is 9.84 Å². The highest BCUT2D eigenvalue weighted by atomic mass is 79.9. The van der Waals surface area contributed by atoms with E-state index in [4.69, 9.17) is 16.3 Å². The summed E-state index contributed by atoms with van der Waals surface area (Å²) in [5.74, 6) is 1.36. The average Bonchev–Trinajstić information content (AvgIpc) is 2.68. The molecule has 1 heterocycles. The third-order valence-electron chi connectivity index (χ3n) is 2.81. The maximum Gasteiger partial charge on any atom is 0.147 e.